The maximum Gasteiger partial charge on any atom is 0.460 e. The van der Waals surface area contributed by atoms with Crippen LogP contribution in [0.2, 0.25) is 0 Å². The lowest BCUT2D eigenvalue weighted by Gasteiger charge is -2.37. The molecule has 1 N–H and O–H groups in total. The van der Waals surface area contributed by atoms with Crippen molar-refractivity contribution in [1.82, 2.24) is 0 Å². The average molecular weight is 410 g/mol. The maximum atomic E-state index is 13.8. The Morgan fingerprint density at radius 3 is 1.70 bits per heavy atom. The van der Waals surface area contributed by atoms with E-state index < -0.39 is 36.0 Å². The fraction of sp³-hybridized carbons (Fsp3) is 0.647. The molecule has 0 aromatic heterocycles. The van der Waals surface area contributed by atoms with E-state index in [9.17, 15) is 44.6 Å². The van der Waals surface area contributed by atoms with Crippen molar-refractivity contribution in [3.63, 3.8) is 0 Å². The summed E-state index contributed by atoms with van der Waals surface area (Å²) >= 11 is 0. The van der Waals surface area contributed by atoms with Crippen LogP contribution < -0.4 is 0 Å². The van der Waals surface area contributed by atoms with E-state index in [0.717, 1.165) is 30.5 Å². The van der Waals surface area contributed by atoms with E-state index in [2.05, 4.69) is 0 Å². The van der Waals surface area contributed by atoms with Crippen molar-refractivity contribution in [3.8, 4) is 0 Å². The first-order chi connectivity index (χ1) is 12.0. The largest absolute Gasteiger partial charge is 0.460 e. The van der Waals surface area contributed by atoms with Crippen LogP contribution >= 0.6 is 0 Å². The highest BCUT2D eigenvalue weighted by atomic mass is 19.4. The van der Waals surface area contributed by atoms with Gasteiger partial charge in [0.15, 0.2) is 0 Å². The van der Waals surface area contributed by atoms with Crippen molar-refractivity contribution < 1.29 is 44.6 Å². The van der Waals surface area contributed by atoms with Crippen LogP contribution in [0.1, 0.15) is 44.2 Å². The Morgan fingerprint density at radius 1 is 0.815 bits per heavy atom. The van der Waals surface area contributed by atoms with E-state index in [1.165, 1.54) is 12.1 Å². The van der Waals surface area contributed by atoms with E-state index >= 15 is 0 Å². The second-order valence-electron chi connectivity index (χ2n) is 6.60. The summed E-state index contributed by atoms with van der Waals surface area (Å²) in [7, 11) is 0. The molecule has 1 rings (SSSR count). The van der Waals surface area contributed by atoms with Gasteiger partial charge in [0.05, 0.1) is 12.0 Å². The molecule has 0 aliphatic carbocycles. The molecular weight excluding hydrogens is 391 g/mol. The molecule has 0 saturated carbocycles. The molecule has 0 bridgehead atoms. The van der Waals surface area contributed by atoms with Crippen molar-refractivity contribution in [2.24, 2.45) is 0 Å². The molecule has 1 unspecified atom stereocenters. The van der Waals surface area contributed by atoms with Gasteiger partial charge in [-0.1, -0.05) is 37.6 Å². The molecule has 27 heavy (non-hydrogen) atoms. The van der Waals surface area contributed by atoms with E-state index in [0.29, 0.717) is 13.3 Å². The standard InChI is InChI=1S/C17H19F9O/c1-3-4-5-11-6-8-12(9-7-11)13(2,27)10-14(18,19)15(20,21)16(22,23)17(24,25)26/h6-9,27H,3-5,10H2,1-2H3. The zero-order valence-electron chi connectivity index (χ0n) is 14.5. The summed E-state index contributed by atoms with van der Waals surface area (Å²) in [6.45, 7) is 2.57. The van der Waals surface area contributed by atoms with Crippen LogP contribution in [0.4, 0.5) is 39.5 Å². The first-order valence-corrected chi connectivity index (χ1v) is 8.01. The van der Waals surface area contributed by atoms with Crippen LogP contribution in [0.25, 0.3) is 0 Å². The first-order valence-electron chi connectivity index (χ1n) is 8.01. The minimum atomic E-state index is -6.97. The van der Waals surface area contributed by atoms with Crippen molar-refractivity contribution in [2.75, 3.05) is 0 Å². The molecular formula is C17H19F9O. The smallest absolute Gasteiger partial charge is 0.385 e. The highest BCUT2D eigenvalue weighted by Gasteiger charge is 2.81. The Bertz CT molecular complexity index is 618. The highest BCUT2D eigenvalue weighted by molar-refractivity contribution is 5.27. The summed E-state index contributed by atoms with van der Waals surface area (Å²) in [6, 6.07) is 5.14. The van der Waals surface area contributed by atoms with E-state index in [1.807, 2.05) is 6.92 Å². The van der Waals surface area contributed by atoms with Gasteiger partial charge in [-0.25, -0.2) is 0 Å². The van der Waals surface area contributed by atoms with Crippen LogP contribution in [0.3, 0.4) is 0 Å². The zero-order chi connectivity index (χ0) is 21.3. The van der Waals surface area contributed by atoms with Crippen LogP contribution in [0.5, 0.6) is 0 Å². The van der Waals surface area contributed by atoms with Crippen molar-refractivity contribution in [3.05, 3.63) is 35.4 Å². The number of benzene rings is 1. The molecule has 0 amide bonds. The minimum absolute atomic E-state index is 0.312. The Morgan fingerprint density at radius 2 is 1.30 bits per heavy atom. The van der Waals surface area contributed by atoms with Gasteiger partial charge >= 0.3 is 23.9 Å². The van der Waals surface area contributed by atoms with Gasteiger partial charge in [0.1, 0.15) is 0 Å². The predicted octanol–water partition coefficient (Wildman–Crippen LogP) is 6.10. The lowest BCUT2D eigenvalue weighted by molar-refractivity contribution is -0.400. The van der Waals surface area contributed by atoms with Crippen LogP contribution in [0, 0.1) is 0 Å². The van der Waals surface area contributed by atoms with Gasteiger partial charge in [-0.15, -0.1) is 0 Å². The van der Waals surface area contributed by atoms with Gasteiger partial charge in [0.25, 0.3) is 0 Å². The fourth-order valence-electron chi connectivity index (χ4n) is 2.46. The Balaban J connectivity index is 3.11. The molecule has 156 valence electrons. The van der Waals surface area contributed by atoms with E-state index in [4.69, 9.17) is 0 Å². The minimum Gasteiger partial charge on any atom is -0.385 e. The molecule has 1 aromatic carbocycles. The maximum absolute atomic E-state index is 13.8. The van der Waals surface area contributed by atoms with Gasteiger partial charge in [-0.05, 0) is 30.9 Å². The highest BCUT2D eigenvalue weighted by Crippen LogP contribution is 2.55. The number of halogens is 9. The van der Waals surface area contributed by atoms with Crippen molar-refractivity contribution in [2.45, 2.75) is 69.1 Å². The second kappa shape index (κ2) is 7.52. The quantitative estimate of drug-likeness (QED) is 0.514. The fourth-order valence-corrected chi connectivity index (χ4v) is 2.46. The van der Waals surface area contributed by atoms with Crippen molar-refractivity contribution >= 4 is 0 Å². The summed E-state index contributed by atoms with van der Waals surface area (Å²) in [5, 5.41) is 10.1. The Labute approximate surface area is 150 Å². The average Bonchev–Trinajstić information content (AvgIpc) is 2.51. The lowest BCUT2D eigenvalue weighted by Crippen LogP contribution is -2.62. The third kappa shape index (κ3) is 4.70. The number of unbranched alkanes of at least 4 members (excludes halogenated alkanes) is 1. The molecule has 0 fully saturated rings. The topological polar surface area (TPSA) is 20.2 Å². The molecule has 0 aliphatic heterocycles. The first kappa shape index (κ1) is 23.6. The number of aryl methyl sites for hydroxylation is 1. The Hall–Kier alpha value is -1.45. The summed E-state index contributed by atoms with van der Waals surface area (Å²) in [5.41, 5.74) is -2.32. The second-order valence-corrected chi connectivity index (χ2v) is 6.60. The molecule has 0 saturated heterocycles. The molecule has 0 aliphatic rings. The number of aliphatic hydroxyl groups is 1. The number of alkyl halides is 9. The van der Waals surface area contributed by atoms with Gasteiger partial charge < -0.3 is 5.11 Å². The van der Waals surface area contributed by atoms with Crippen molar-refractivity contribution in [1.29, 1.82) is 0 Å². The summed E-state index contributed by atoms with van der Waals surface area (Å²) in [4.78, 5) is 0. The molecule has 10 heteroatoms. The van der Waals surface area contributed by atoms with Crippen LogP contribution in [-0.2, 0) is 12.0 Å². The van der Waals surface area contributed by atoms with Crippen LogP contribution in [-0.4, -0.2) is 29.1 Å². The predicted molar refractivity (Wildman–Crippen MR) is 80.1 cm³/mol. The SMILES string of the molecule is CCCCc1ccc(C(C)(O)CC(F)(F)C(F)(F)C(F)(F)C(F)(F)F)cc1. The van der Waals surface area contributed by atoms with Gasteiger partial charge in [0.2, 0.25) is 0 Å². The number of hydrogen-bond donors (Lipinski definition) is 1. The molecule has 0 heterocycles. The summed E-state index contributed by atoms with van der Waals surface area (Å²) in [5.74, 6) is -19.6. The third-order valence-corrected chi connectivity index (χ3v) is 4.17. The lowest BCUT2D eigenvalue weighted by atomic mass is 9.85. The molecule has 0 radical (unpaired) electrons. The van der Waals surface area contributed by atoms with Gasteiger partial charge in [-0.3, -0.25) is 0 Å². The number of hydrogen-bond acceptors (Lipinski definition) is 1. The zero-order valence-corrected chi connectivity index (χ0v) is 14.5. The molecule has 1 aromatic rings. The third-order valence-electron chi connectivity index (χ3n) is 4.17. The van der Waals surface area contributed by atoms with Gasteiger partial charge in [-0.2, -0.15) is 39.5 Å². The number of rotatable bonds is 8. The van der Waals surface area contributed by atoms with Gasteiger partial charge in [0, 0.05) is 0 Å². The Kier molecular flexibility index (Phi) is 6.57. The summed E-state index contributed by atoms with van der Waals surface area (Å²) in [6.07, 6.45) is -6.90. The molecule has 0 spiro atoms. The normalized spacial score (nSPS) is 16.3. The van der Waals surface area contributed by atoms with E-state index in [-0.39, 0.29) is 5.56 Å². The summed E-state index contributed by atoms with van der Waals surface area (Å²) < 4.78 is 117. The molecule has 1 atom stereocenters. The molecule has 1 nitrogen and oxygen atoms in total. The van der Waals surface area contributed by atoms with E-state index in [1.54, 1.807) is 0 Å². The monoisotopic (exact) mass is 410 g/mol. The van der Waals surface area contributed by atoms with Crippen LogP contribution in [0.15, 0.2) is 24.3 Å².